The largest absolute Gasteiger partial charge is 0.454 e. The van der Waals surface area contributed by atoms with Crippen LogP contribution in [0.4, 0.5) is 0 Å². The summed E-state index contributed by atoms with van der Waals surface area (Å²) in [5.74, 6) is 1.23. The predicted octanol–water partition coefficient (Wildman–Crippen LogP) is 5.29. The van der Waals surface area contributed by atoms with Gasteiger partial charge in [-0.25, -0.2) is 4.98 Å². The number of morpholine rings is 1. The Morgan fingerprint density at radius 2 is 1.67 bits per heavy atom. The molecule has 1 fully saturated rings. The molecule has 2 aromatic heterocycles. The Morgan fingerprint density at radius 3 is 2.50 bits per heavy atom. The fourth-order valence-corrected chi connectivity index (χ4v) is 3.93. The van der Waals surface area contributed by atoms with Crippen molar-refractivity contribution >= 4 is 28.4 Å². The number of carbonyl (C=O) groups is 1. The summed E-state index contributed by atoms with van der Waals surface area (Å²) < 4.78 is 11.5. The molecule has 1 amide bonds. The van der Waals surface area contributed by atoms with Crippen LogP contribution in [0.25, 0.3) is 33.7 Å². The van der Waals surface area contributed by atoms with E-state index < -0.39 is 0 Å². The first kappa shape index (κ1) is 18.9. The van der Waals surface area contributed by atoms with Crippen LogP contribution in [0.3, 0.4) is 0 Å². The molecule has 0 unspecified atom stereocenters. The van der Waals surface area contributed by atoms with Gasteiger partial charge >= 0.3 is 0 Å². The Morgan fingerprint density at radius 1 is 0.933 bits per heavy atom. The van der Waals surface area contributed by atoms with Crippen LogP contribution in [0.2, 0.25) is 5.02 Å². The van der Waals surface area contributed by atoms with Crippen molar-refractivity contribution in [1.29, 1.82) is 0 Å². The van der Waals surface area contributed by atoms with Gasteiger partial charge in [0.25, 0.3) is 5.91 Å². The predicted molar refractivity (Wildman–Crippen MR) is 117 cm³/mol. The number of halogens is 1. The van der Waals surface area contributed by atoms with Crippen LogP contribution in [0.15, 0.2) is 71.1 Å². The number of para-hydroxylation sites is 1. The summed E-state index contributed by atoms with van der Waals surface area (Å²) in [7, 11) is 0. The number of amides is 1. The van der Waals surface area contributed by atoms with E-state index >= 15 is 0 Å². The van der Waals surface area contributed by atoms with Crippen molar-refractivity contribution in [2.24, 2.45) is 0 Å². The summed E-state index contributed by atoms with van der Waals surface area (Å²) in [6.07, 6.45) is 0. The number of nitrogens with zero attached hydrogens (tertiary/aromatic N) is 2. The van der Waals surface area contributed by atoms with Gasteiger partial charge in [0.15, 0.2) is 5.76 Å². The van der Waals surface area contributed by atoms with Gasteiger partial charge in [0.05, 0.1) is 29.3 Å². The summed E-state index contributed by atoms with van der Waals surface area (Å²) in [6.45, 7) is 2.28. The molecule has 0 atom stereocenters. The van der Waals surface area contributed by atoms with E-state index in [4.69, 9.17) is 25.7 Å². The van der Waals surface area contributed by atoms with E-state index in [1.165, 1.54) is 0 Å². The number of benzene rings is 2. The van der Waals surface area contributed by atoms with Crippen LogP contribution in [0.1, 0.15) is 10.4 Å². The summed E-state index contributed by atoms with van der Waals surface area (Å²) in [6, 6.07) is 20.7. The molecule has 1 aliphatic heterocycles. The molecule has 0 N–H and O–H groups in total. The normalized spacial score (nSPS) is 14.2. The molecule has 1 aliphatic rings. The van der Waals surface area contributed by atoms with Crippen LogP contribution in [0, 0.1) is 0 Å². The highest BCUT2D eigenvalue weighted by atomic mass is 35.5. The number of furan rings is 1. The van der Waals surface area contributed by atoms with E-state index in [0.29, 0.717) is 54.1 Å². The van der Waals surface area contributed by atoms with Gasteiger partial charge < -0.3 is 14.1 Å². The third kappa shape index (κ3) is 3.47. The molecule has 1 saturated heterocycles. The van der Waals surface area contributed by atoms with Crippen molar-refractivity contribution < 1.29 is 13.9 Å². The topological polar surface area (TPSA) is 55.6 Å². The maximum Gasteiger partial charge on any atom is 0.254 e. The van der Waals surface area contributed by atoms with E-state index in [1.807, 2.05) is 71.6 Å². The number of carbonyl (C=O) groups excluding carboxylic acids is 1. The minimum Gasteiger partial charge on any atom is -0.454 e. The molecule has 0 saturated carbocycles. The maximum atomic E-state index is 13.3. The molecule has 30 heavy (non-hydrogen) atoms. The molecule has 2 aromatic carbocycles. The number of aromatic nitrogens is 1. The highest BCUT2D eigenvalue weighted by molar-refractivity contribution is 6.33. The molecule has 150 valence electrons. The van der Waals surface area contributed by atoms with Gasteiger partial charge in [-0.05, 0) is 36.4 Å². The highest BCUT2D eigenvalue weighted by Crippen LogP contribution is 2.33. The average Bonchev–Trinajstić information content (AvgIpc) is 3.29. The first-order chi connectivity index (χ1) is 14.7. The fraction of sp³-hybridized carbons (Fsp3) is 0.167. The van der Waals surface area contributed by atoms with Crippen molar-refractivity contribution in [1.82, 2.24) is 9.88 Å². The second kappa shape index (κ2) is 7.94. The second-order valence-electron chi connectivity index (χ2n) is 7.12. The fourth-order valence-electron chi connectivity index (χ4n) is 3.70. The number of rotatable bonds is 3. The monoisotopic (exact) mass is 418 g/mol. The molecule has 4 aromatic rings. The molecule has 0 bridgehead atoms. The lowest BCUT2D eigenvalue weighted by Crippen LogP contribution is -2.40. The van der Waals surface area contributed by atoms with Gasteiger partial charge in [-0.3, -0.25) is 4.79 Å². The first-order valence-electron chi connectivity index (χ1n) is 9.82. The molecular weight excluding hydrogens is 400 g/mol. The van der Waals surface area contributed by atoms with Crippen molar-refractivity contribution in [2.75, 3.05) is 26.3 Å². The average molecular weight is 419 g/mol. The van der Waals surface area contributed by atoms with E-state index in [-0.39, 0.29) is 5.91 Å². The number of hydrogen-bond acceptors (Lipinski definition) is 4. The molecule has 0 radical (unpaired) electrons. The Hall–Kier alpha value is -3.15. The van der Waals surface area contributed by atoms with Crippen molar-refractivity contribution in [3.8, 4) is 22.8 Å². The van der Waals surface area contributed by atoms with E-state index in [9.17, 15) is 4.79 Å². The standard InChI is InChI=1S/C24H19ClN2O3/c25-19-7-3-1-6-17(19)22-9-10-23(30-22)21-15-18(16-5-2-4-8-20(16)26-21)24(28)27-11-13-29-14-12-27/h1-10,15H,11-14H2. The van der Waals surface area contributed by atoms with E-state index in [1.54, 1.807) is 0 Å². The summed E-state index contributed by atoms with van der Waals surface area (Å²) >= 11 is 6.31. The third-order valence-electron chi connectivity index (χ3n) is 5.24. The summed E-state index contributed by atoms with van der Waals surface area (Å²) in [5.41, 5.74) is 2.80. The van der Waals surface area contributed by atoms with Crippen LogP contribution in [-0.4, -0.2) is 42.1 Å². The van der Waals surface area contributed by atoms with Crippen LogP contribution < -0.4 is 0 Å². The zero-order chi connectivity index (χ0) is 20.5. The molecule has 0 aliphatic carbocycles. The minimum atomic E-state index is -0.0176. The van der Waals surface area contributed by atoms with E-state index in [2.05, 4.69) is 0 Å². The van der Waals surface area contributed by atoms with Crippen LogP contribution >= 0.6 is 11.6 Å². The zero-order valence-electron chi connectivity index (χ0n) is 16.2. The van der Waals surface area contributed by atoms with E-state index in [0.717, 1.165) is 16.5 Å². The maximum absolute atomic E-state index is 13.3. The van der Waals surface area contributed by atoms with Crippen LogP contribution in [-0.2, 0) is 4.74 Å². The zero-order valence-corrected chi connectivity index (χ0v) is 16.9. The van der Waals surface area contributed by atoms with Crippen molar-refractivity contribution in [2.45, 2.75) is 0 Å². The Balaban J connectivity index is 1.59. The Bertz CT molecular complexity index is 1230. The van der Waals surface area contributed by atoms with Crippen molar-refractivity contribution in [3.05, 3.63) is 77.3 Å². The molecule has 5 nitrogen and oxygen atoms in total. The van der Waals surface area contributed by atoms with Gasteiger partial charge in [-0.15, -0.1) is 0 Å². The second-order valence-corrected chi connectivity index (χ2v) is 7.53. The number of ether oxygens (including phenoxy) is 1. The van der Waals surface area contributed by atoms with Crippen molar-refractivity contribution in [3.63, 3.8) is 0 Å². The van der Waals surface area contributed by atoms with Gasteiger partial charge in [-0.1, -0.05) is 41.9 Å². The number of pyridine rings is 1. The number of fused-ring (bicyclic) bond motifs is 1. The quantitative estimate of drug-likeness (QED) is 0.453. The molecular formula is C24H19ClN2O3. The van der Waals surface area contributed by atoms with Crippen LogP contribution in [0.5, 0.6) is 0 Å². The lowest BCUT2D eigenvalue weighted by atomic mass is 10.1. The lowest BCUT2D eigenvalue weighted by molar-refractivity contribution is 0.0304. The molecule has 0 spiro atoms. The van der Waals surface area contributed by atoms with Gasteiger partial charge in [0.1, 0.15) is 11.5 Å². The van der Waals surface area contributed by atoms with Gasteiger partial charge in [-0.2, -0.15) is 0 Å². The lowest BCUT2D eigenvalue weighted by Gasteiger charge is -2.27. The molecule has 5 rings (SSSR count). The Labute approximate surface area is 178 Å². The Kier molecular flexibility index (Phi) is 4.99. The summed E-state index contributed by atoms with van der Waals surface area (Å²) in [5, 5.41) is 1.45. The highest BCUT2D eigenvalue weighted by Gasteiger charge is 2.22. The smallest absolute Gasteiger partial charge is 0.254 e. The third-order valence-corrected chi connectivity index (χ3v) is 5.57. The molecule has 6 heteroatoms. The van der Waals surface area contributed by atoms with Gasteiger partial charge in [0, 0.05) is 24.0 Å². The SMILES string of the molecule is O=C(c1cc(-c2ccc(-c3ccccc3Cl)o2)nc2ccccc12)N1CCOCC1. The molecule has 3 heterocycles. The minimum absolute atomic E-state index is 0.0176. The summed E-state index contributed by atoms with van der Waals surface area (Å²) in [4.78, 5) is 19.8. The van der Waals surface area contributed by atoms with Gasteiger partial charge in [0.2, 0.25) is 0 Å². The number of hydrogen-bond donors (Lipinski definition) is 0. The first-order valence-corrected chi connectivity index (χ1v) is 10.2.